The van der Waals surface area contributed by atoms with E-state index in [9.17, 15) is 9.59 Å². The summed E-state index contributed by atoms with van der Waals surface area (Å²) in [4.78, 5) is 21.1. The molecule has 1 aliphatic heterocycles. The second kappa shape index (κ2) is 2.77. The molecule has 0 aromatic carbocycles. The van der Waals surface area contributed by atoms with Crippen molar-refractivity contribution < 1.29 is 14.3 Å². The molecule has 0 radical (unpaired) electrons. The Bertz CT molecular complexity index is 192. The van der Waals surface area contributed by atoms with Crippen LogP contribution in [0.4, 0.5) is 4.79 Å². The van der Waals surface area contributed by atoms with E-state index in [0.29, 0.717) is 6.42 Å². The number of carbonyl (C=O) groups excluding carboxylic acids is 2. The van der Waals surface area contributed by atoms with Gasteiger partial charge in [0.05, 0.1) is 0 Å². The first-order valence-electron chi connectivity index (χ1n) is 3.36. The molecule has 0 saturated carbocycles. The Labute approximate surface area is 63.9 Å². The average molecular weight is 158 g/mol. The van der Waals surface area contributed by atoms with Gasteiger partial charge < -0.3 is 15.8 Å². The summed E-state index contributed by atoms with van der Waals surface area (Å²) in [5, 5.41) is 2.60. The molecule has 11 heavy (non-hydrogen) atoms. The summed E-state index contributed by atoms with van der Waals surface area (Å²) < 4.78 is 4.52. The highest BCUT2D eigenvalue weighted by molar-refractivity contribution is 5.85. The van der Waals surface area contributed by atoms with Crippen LogP contribution in [0.15, 0.2) is 0 Å². The second-order valence-corrected chi connectivity index (χ2v) is 2.57. The molecule has 5 heteroatoms. The normalized spacial score (nSPS) is 29.7. The molecule has 0 unspecified atom stereocenters. The third kappa shape index (κ3) is 1.83. The molecule has 2 atom stereocenters. The minimum Gasteiger partial charge on any atom is -0.436 e. The van der Waals surface area contributed by atoms with Crippen molar-refractivity contribution in [1.29, 1.82) is 0 Å². The molecule has 0 aromatic rings. The molecule has 2 amide bonds. The van der Waals surface area contributed by atoms with Crippen LogP contribution in [0.25, 0.3) is 0 Å². The highest BCUT2D eigenvalue weighted by Crippen LogP contribution is 2.10. The summed E-state index contributed by atoms with van der Waals surface area (Å²) in [5.74, 6) is -0.267. The Hall–Kier alpha value is -1.26. The Kier molecular flexibility index (Phi) is 1.98. The van der Waals surface area contributed by atoms with E-state index in [1.54, 1.807) is 0 Å². The van der Waals surface area contributed by atoms with E-state index in [4.69, 9.17) is 5.73 Å². The van der Waals surface area contributed by atoms with Gasteiger partial charge in [0.2, 0.25) is 0 Å². The lowest BCUT2D eigenvalue weighted by atomic mass is 10.2. The van der Waals surface area contributed by atoms with Gasteiger partial charge in [0.1, 0.15) is 0 Å². The van der Waals surface area contributed by atoms with E-state index in [2.05, 4.69) is 10.1 Å². The van der Waals surface area contributed by atoms with Crippen molar-refractivity contribution in [3.63, 3.8) is 0 Å². The van der Waals surface area contributed by atoms with Gasteiger partial charge in [-0.05, 0) is 6.92 Å². The number of primary amides is 1. The van der Waals surface area contributed by atoms with Gasteiger partial charge in [0, 0.05) is 12.5 Å². The van der Waals surface area contributed by atoms with E-state index >= 15 is 0 Å². The fourth-order valence-corrected chi connectivity index (χ4v) is 1.06. The molecule has 0 spiro atoms. The first kappa shape index (κ1) is 7.84. The van der Waals surface area contributed by atoms with Crippen LogP contribution in [-0.2, 0) is 9.53 Å². The van der Waals surface area contributed by atoms with Crippen molar-refractivity contribution in [3.8, 4) is 0 Å². The predicted octanol–water partition coefficient (Wildman–Crippen LogP) is -0.641. The quantitative estimate of drug-likeness (QED) is 0.532. The third-order valence-corrected chi connectivity index (χ3v) is 1.51. The fraction of sp³-hybridized carbons (Fsp3) is 0.667. The van der Waals surface area contributed by atoms with Crippen molar-refractivity contribution in [3.05, 3.63) is 0 Å². The molecular formula is C6H10N2O3. The maximum atomic E-state index is 10.9. The van der Waals surface area contributed by atoms with E-state index in [1.807, 2.05) is 6.92 Å². The Morgan fingerprint density at radius 1 is 1.82 bits per heavy atom. The van der Waals surface area contributed by atoms with E-state index < -0.39 is 12.2 Å². The second-order valence-electron chi connectivity index (χ2n) is 2.57. The Morgan fingerprint density at radius 2 is 2.45 bits per heavy atom. The first-order chi connectivity index (χ1) is 5.09. The molecule has 5 nitrogen and oxygen atoms in total. The molecule has 3 N–H and O–H groups in total. The topological polar surface area (TPSA) is 81.4 Å². The number of hydrogen-bond donors (Lipinski definition) is 2. The maximum absolute atomic E-state index is 10.9. The van der Waals surface area contributed by atoms with Crippen LogP contribution in [0.3, 0.4) is 0 Å². The minimum atomic E-state index is -0.903. The zero-order valence-electron chi connectivity index (χ0n) is 6.16. The van der Waals surface area contributed by atoms with Crippen molar-refractivity contribution in [2.45, 2.75) is 25.5 Å². The maximum Gasteiger partial charge on any atom is 0.405 e. The highest BCUT2D eigenvalue weighted by atomic mass is 16.6. The van der Waals surface area contributed by atoms with E-state index in [1.165, 1.54) is 0 Å². The Morgan fingerprint density at radius 3 is 2.82 bits per heavy atom. The molecular weight excluding hydrogens is 148 g/mol. The van der Waals surface area contributed by atoms with Gasteiger partial charge in [-0.25, -0.2) is 4.79 Å². The number of hydrogen-bond acceptors (Lipinski definition) is 3. The van der Waals surface area contributed by atoms with Crippen molar-refractivity contribution >= 4 is 12.0 Å². The van der Waals surface area contributed by atoms with Crippen molar-refractivity contribution in [2.75, 3.05) is 0 Å². The van der Waals surface area contributed by atoms with Gasteiger partial charge in [0.25, 0.3) is 5.91 Å². The molecule has 62 valence electrons. The lowest BCUT2D eigenvalue weighted by Crippen LogP contribution is -2.30. The SMILES string of the molecule is C[C@@H]1C[C@@H](OC(N)=O)C(=O)N1. The number of rotatable bonds is 1. The van der Waals surface area contributed by atoms with Crippen LogP contribution in [0.1, 0.15) is 13.3 Å². The lowest BCUT2D eigenvalue weighted by molar-refractivity contribution is -0.126. The van der Waals surface area contributed by atoms with Gasteiger partial charge in [-0.1, -0.05) is 0 Å². The lowest BCUT2D eigenvalue weighted by Gasteiger charge is -2.04. The molecule has 1 heterocycles. The number of amides is 2. The minimum absolute atomic E-state index is 0.0619. The van der Waals surface area contributed by atoms with Crippen LogP contribution in [0.5, 0.6) is 0 Å². The van der Waals surface area contributed by atoms with E-state index in [0.717, 1.165) is 0 Å². The molecule has 1 fully saturated rings. The number of carbonyl (C=O) groups is 2. The van der Waals surface area contributed by atoms with Gasteiger partial charge in [-0.15, -0.1) is 0 Å². The van der Waals surface area contributed by atoms with Crippen LogP contribution in [0, 0.1) is 0 Å². The van der Waals surface area contributed by atoms with Gasteiger partial charge in [-0.3, -0.25) is 4.79 Å². The van der Waals surface area contributed by atoms with Crippen LogP contribution in [0.2, 0.25) is 0 Å². The molecule has 1 rings (SSSR count). The first-order valence-corrected chi connectivity index (χ1v) is 3.36. The molecule has 0 bridgehead atoms. The molecule has 1 aliphatic rings. The monoisotopic (exact) mass is 158 g/mol. The summed E-state index contributed by atoms with van der Waals surface area (Å²) in [6.07, 6.45) is -1.09. The largest absolute Gasteiger partial charge is 0.436 e. The molecule has 1 saturated heterocycles. The van der Waals surface area contributed by atoms with Crippen LogP contribution >= 0.6 is 0 Å². The zero-order valence-corrected chi connectivity index (χ0v) is 6.16. The van der Waals surface area contributed by atoms with Gasteiger partial charge in [-0.2, -0.15) is 0 Å². The highest BCUT2D eigenvalue weighted by Gasteiger charge is 2.31. The predicted molar refractivity (Wildman–Crippen MR) is 36.7 cm³/mol. The Balaban J connectivity index is 2.47. The zero-order chi connectivity index (χ0) is 8.43. The van der Waals surface area contributed by atoms with Gasteiger partial charge >= 0.3 is 6.09 Å². The molecule has 0 aliphatic carbocycles. The van der Waals surface area contributed by atoms with Crippen molar-refractivity contribution in [1.82, 2.24) is 5.32 Å². The van der Waals surface area contributed by atoms with Crippen molar-refractivity contribution in [2.24, 2.45) is 5.73 Å². The molecule has 0 aromatic heterocycles. The summed E-state index contributed by atoms with van der Waals surface area (Å²) in [6.45, 7) is 1.84. The fourth-order valence-electron chi connectivity index (χ4n) is 1.06. The van der Waals surface area contributed by atoms with Crippen LogP contribution < -0.4 is 11.1 Å². The summed E-state index contributed by atoms with van der Waals surface area (Å²) in [7, 11) is 0. The number of nitrogens with one attached hydrogen (secondary N) is 1. The van der Waals surface area contributed by atoms with Gasteiger partial charge in [0.15, 0.2) is 6.10 Å². The average Bonchev–Trinajstić information content (AvgIpc) is 2.09. The summed E-state index contributed by atoms with van der Waals surface area (Å²) in [6, 6.07) is 0.0619. The summed E-state index contributed by atoms with van der Waals surface area (Å²) in [5.41, 5.74) is 4.74. The van der Waals surface area contributed by atoms with Crippen LogP contribution in [-0.4, -0.2) is 24.1 Å². The summed E-state index contributed by atoms with van der Waals surface area (Å²) >= 11 is 0. The smallest absolute Gasteiger partial charge is 0.405 e. The number of nitrogens with two attached hydrogens (primary N) is 1. The third-order valence-electron chi connectivity index (χ3n) is 1.51. The standard InChI is InChI=1S/C6H10N2O3/c1-3-2-4(5(9)8-3)11-6(7)10/h3-4H,2H2,1H3,(H2,7,10)(H,8,9)/t3-,4-/m1/s1. The number of ether oxygens (including phenoxy) is 1. The van der Waals surface area contributed by atoms with E-state index in [-0.39, 0.29) is 11.9 Å².